The van der Waals surface area contributed by atoms with Crippen molar-refractivity contribution in [2.75, 3.05) is 5.32 Å². The Morgan fingerprint density at radius 2 is 2.05 bits per heavy atom. The van der Waals surface area contributed by atoms with Crippen LogP contribution in [0.2, 0.25) is 0 Å². The van der Waals surface area contributed by atoms with Gasteiger partial charge in [-0.05, 0) is 44.8 Å². The number of carbonyl (C=O) groups excluding carboxylic acids is 1. The van der Waals surface area contributed by atoms with Gasteiger partial charge in [0.05, 0.1) is 15.7 Å². The molecule has 0 radical (unpaired) electrons. The molecule has 3 rings (SSSR count). The number of hydrogen-bond donors (Lipinski definition) is 1. The van der Waals surface area contributed by atoms with Crippen molar-refractivity contribution in [1.29, 1.82) is 0 Å². The highest BCUT2D eigenvalue weighted by atomic mass is 79.9. The predicted octanol–water partition coefficient (Wildman–Crippen LogP) is 4.57. The molecule has 0 fully saturated rings. The van der Waals surface area contributed by atoms with Crippen molar-refractivity contribution in [3.63, 3.8) is 0 Å². The molecule has 0 saturated carbocycles. The minimum Gasteiger partial charge on any atom is -0.326 e. The van der Waals surface area contributed by atoms with Gasteiger partial charge in [0.1, 0.15) is 5.82 Å². The number of fused-ring (bicyclic) bond motifs is 1. The van der Waals surface area contributed by atoms with E-state index in [2.05, 4.69) is 37.2 Å². The number of alkyl halides is 1. The Balaban J connectivity index is 1.99. The molecule has 1 aliphatic heterocycles. The predicted molar refractivity (Wildman–Crippen MR) is 83.6 cm³/mol. The molecule has 0 saturated heterocycles. The first-order valence-corrected chi connectivity index (χ1v) is 7.78. The molecule has 0 bridgehead atoms. The van der Waals surface area contributed by atoms with Crippen LogP contribution in [0.15, 0.2) is 40.9 Å². The van der Waals surface area contributed by atoms with Gasteiger partial charge in [0, 0.05) is 5.69 Å². The van der Waals surface area contributed by atoms with E-state index in [1.807, 2.05) is 24.3 Å². The van der Waals surface area contributed by atoms with Crippen LogP contribution < -0.4 is 5.32 Å². The first-order valence-electron chi connectivity index (χ1n) is 6.07. The molecule has 20 heavy (non-hydrogen) atoms. The van der Waals surface area contributed by atoms with Crippen LogP contribution >= 0.6 is 31.9 Å². The van der Waals surface area contributed by atoms with Gasteiger partial charge in [-0.25, -0.2) is 4.39 Å². The molecule has 1 aliphatic rings. The highest BCUT2D eigenvalue weighted by Crippen LogP contribution is 2.38. The number of carbonyl (C=O) groups is 1. The molecular formula is C15H10Br2FNO. The van der Waals surface area contributed by atoms with Crippen LogP contribution in [-0.4, -0.2) is 5.91 Å². The summed E-state index contributed by atoms with van der Waals surface area (Å²) < 4.78 is 14.1. The van der Waals surface area contributed by atoms with E-state index < -0.39 is 0 Å². The Labute approximate surface area is 132 Å². The number of halogens is 3. The second-order valence-corrected chi connectivity index (χ2v) is 6.36. The lowest BCUT2D eigenvalue weighted by Crippen LogP contribution is -2.03. The fourth-order valence-corrected chi connectivity index (χ4v) is 3.77. The highest BCUT2D eigenvalue weighted by molar-refractivity contribution is 9.11. The first-order chi connectivity index (χ1) is 9.56. The zero-order valence-corrected chi connectivity index (χ0v) is 13.5. The maximum Gasteiger partial charge on any atom is 0.228 e. The summed E-state index contributed by atoms with van der Waals surface area (Å²) in [4.78, 5) is 11.2. The standard InChI is InChI=1S/C15H10Br2FNO/c16-14(10-2-1-3-11(18)15(10)17)8-4-5-12-9(6-8)7-13(20)19-12/h1-6,14H,7H2,(H,19,20). The van der Waals surface area contributed by atoms with E-state index >= 15 is 0 Å². The maximum absolute atomic E-state index is 13.6. The van der Waals surface area contributed by atoms with Gasteiger partial charge in [-0.3, -0.25) is 4.79 Å². The van der Waals surface area contributed by atoms with Gasteiger partial charge in [-0.1, -0.05) is 40.2 Å². The molecule has 0 spiro atoms. The molecule has 2 nitrogen and oxygen atoms in total. The second kappa shape index (κ2) is 5.30. The van der Waals surface area contributed by atoms with Crippen LogP contribution in [0.3, 0.4) is 0 Å². The summed E-state index contributed by atoms with van der Waals surface area (Å²) in [7, 11) is 0. The van der Waals surface area contributed by atoms with E-state index in [1.165, 1.54) is 6.07 Å². The van der Waals surface area contributed by atoms with Gasteiger partial charge in [0.25, 0.3) is 0 Å². The molecular weight excluding hydrogens is 389 g/mol. The van der Waals surface area contributed by atoms with E-state index in [9.17, 15) is 9.18 Å². The summed E-state index contributed by atoms with van der Waals surface area (Å²) in [5.74, 6) is -0.278. The summed E-state index contributed by atoms with van der Waals surface area (Å²) >= 11 is 6.88. The molecule has 0 aromatic heterocycles. The Morgan fingerprint density at radius 3 is 2.85 bits per heavy atom. The average molecular weight is 399 g/mol. The third-order valence-electron chi connectivity index (χ3n) is 3.30. The number of benzene rings is 2. The number of anilines is 1. The molecule has 1 unspecified atom stereocenters. The highest BCUT2D eigenvalue weighted by Gasteiger charge is 2.21. The molecule has 102 valence electrons. The smallest absolute Gasteiger partial charge is 0.228 e. The number of rotatable bonds is 2. The SMILES string of the molecule is O=C1Cc2cc(C(Br)c3cccc(F)c3Br)ccc2N1. The van der Waals surface area contributed by atoms with Gasteiger partial charge in [0.2, 0.25) is 5.91 Å². The Hall–Kier alpha value is -1.20. The van der Waals surface area contributed by atoms with Crippen LogP contribution in [-0.2, 0) is 11.2 Å². The largest absolute Gasteiger partial charge is 0.326 e. The van der Waals surface area contributed by atoms with E-state index in [4.69, 9.17) is 0 Å². The number of amides is 1. The van der Waals surface area contributed by atoms with Crippen molar-refractivity contribution < 1.29 is 9.18 Å². The van der Waals surface area contributed by atoms with Gasteiger partial charge in [0.15, 0.2) is 0 Å². The first kappa shape index (κ1) is 13.8. The van der Waals surface area contributed by atoms with Crippen molar-refractivity contribution in [2.45, 2.75) is 11.2 Å². The average Bonchev–Trinajstić information content (AvgIpc) is 2.80. The van der Waals surface area contributed by atoms with Gasteiger partial charge < -0.3 is 5.32 Å². The van der Waals surface area contributed by atoms with Crippen LogP contribution in [0, 0.1) is 5.82 Å². The van der Waals surface area contributed by atoms with Crippen LogP contribution in [0.1, 0.15) is 21.5 Å². The zero-order chi connectivity index (χ0) is 14.3. The minimum absolute atomic E-state index is 0.00945. The lowest BCUT2D eigenvalue weighted by molar-refractivity contribution is -0.115. The fraction of sp³-hybridized carbons (Fsp3) is 0.133. The number of hydrogen-bond acceptors (Lipinski definition) is 1. The van der Waals surface area contributed by atoms with Gasteiger partial charge in [-0.15, -0.1) is 0 Å². The van der Waals surface area contributed by atoms with E-state index in [0.717, 1.165) is 22.4 Å². The van der Waals surface area contributed by atoms with Crippen molar-refractivity contribution in [2.24, 2.45) is 0 Å². The third-order valence-corrected chi connectivity index (χ3v) is 5.16. The van der Waals surface area contributed by atoms with Crippen LogP contribution in [0.4, 0.5) is 10.1 Å². The summed E-state index contributed by atoms with van der Waals surface area (Å²) in [5.41, 5.74) is 3.65. The molecule has 1 heterocycles. The Morgan fingerprint density at radius 1 is 1.25 bits per heavy atom. The normalized spacial score (nSPS) is 14.8. The van der Waals surface area contributed by atoms with Crippen LogP contribution in [0.25, 0.3) is 0 Å². The summed E-state index contributed by atoms with van der Waals surface area (Å²) in [6.07, 6.45) is 0.396. The second-order valence-electron chi connectivity index (χ2n) is 4.65. The van der Waals surface area contributed by atoms with Crippen molar-refractivity contribution in [3.05, 3.63) is 63.4 Å². The fourth-order valence-electron chi connectivity index (χ4n) is 2.30. The minimum atomic E-state index is -0.287. The monoisotopic (exact) mass is 397 g/mol. The lowest BCUT2D eigenvalue weighted by atomic mass is 10.0. The molecule has 1 N–H and O–H groups in total. The molecule has 2 aromatic carbocycles. The van der Waals surface area contributed by atoms with E-state index in [1.54, 1.807) is 6.07 Å². The molecule has 1 amide bonds. The third kappa shape index (κ3) is 2.40. The molecule has 0 aliphatic carbocycles. The topological polar surface area (TPSA) is 29.1 Å². The maximum atomic E-state index is 13.6. The molecule has 2 aromatic rings. The molecule has 5 heteroatoms. The van der Waals surface area contributed by atoms with Gasteiger partial charge >= 0.3 is 0 Å². The Bertz CT molecular complexity index is 702. The zero-order valence-electron chi connectivity index (χ0n) is 10.3. The van der Waals surface area contributed by atoms with Gasteiger partial charge in [-0.2, -0.15) is 0 Å². The summed E-state index contributed by atoms with van der Waals surface area (Å²) in [5, 5.41) is 2.80. The van der Waals surface area contributed by atoms with E-state index in [0.29, 0.717) is 10.9 Å². The lowest BCUT2D eigenvalue weighted by Gasteiger charge is -2.14. The van der Waals surface area contributed by atoms with E-state index in [-0.39, 0.29) is 16.6 Å². The summed E-state index contributed by atoms with van der Waals surface area (Å²) in [6.45, 7) is 0. The number of nitrogens with one attached hydrogen (secondary N) is 1. The molecule has 1 atom stereocenters. The van der Waals surface area contributed by atoms with Crippen molar-refractivity contribution in [3.8, 4) is 0 Å². The Kier molecular flexibility index (Phi) is 3.65. The van der Waals surface area contributed by atoms with Crippen molar-refractivity contribution >= 4 is 43.5 Å². The quantitative estimate of drug-likeness (QED) is 0.737. The van der Waals surface area contributed by atoms with Crippen LogP contribution in [0.5, 0.6) is 0 Å². The van der Waals surface area contributed by atoms with Crippen molar-refractivity contribution in [1.82, 2.24) is 0 Å². The summed E-state index contributed by atoms with van der Waals surface area (Å²) in [6, 6.07) is 10.8.